The quantitative estimate of drug-likeness (QED) is 0.273. The number of aryl methyl sites for hydroxylation is 1. The number of thiazole rings is 1. The standard InChI is InChI=1S/C34H39N11O3S/c1-22(2)48-27-7-5-23(16-35-27)29-30-24(17-36-29)4-6-26(39-30)45-11-9-34(32(45)47)8-10-42(20-34)19-28(46)43-12-14-44(15-13-43)33-37-18-25(49-33)31-38-21-41(3)40-31/h4-7,16,18,21-22H,8-15,17,19-20H2,1-3H3/t34-/m0/s1. The molecule has 2 amide bonds. The van der Waals surface area contributed by atoms with Gasteiger partial charge in [-0.25, -0.2) is 19.9 Å². The third-order valence-electron chi connectivity index (χ3n) is 9.76. The third kappa shape index (κ3) is 6.05. The highest BCUT2D eigenvalue weighted by atomic mass is 32.1. The molecule has 4 aliphatic heterocycles. The van der Waals surface area contributed by atoms with Crippen LogP contribution in [0.5, 0.6) is 5.88 Å². The van der Waals surface area contributed by atoms with E-state index >= 15 is 0 Å². The minimum atomic E-state index is -0.488. The molecule has 0 N–H and O–H groups in total. The van der Waals surface area contributed by atoms with Crippen LogP contribution in [0.1, 0.15) is 43.5 Å². The summed E-state index contributed by atoms with van der Waals surface area (Å²) in [5.74, 6) is 2.11. The lowest BCUT2D eigenvalue weighted by atomic mass is 9.85. The van der Waals surface area contributed by atoms with E-state index in [1.165, 1.54) is 0 Å². The SMILES string of the molecule is CC(C)Oc1ccc(C2=NCc3ccc(N4CC[C@]5(CCN(CC(=O)N6CCN(c7ncc(-c8ncn(C)n8)s7)CC6)C5)C4=O)nc32)cn1. The Morgan fingerprint density at radius 3 is 2.59 bits per heavy atom. The Morgan fingerprint density at radius 2 is 1.84 bits per heavy atom. The molecule has 49 heavy (non-hydrogen) atoms. The molecule has 14 nitrogen and oxygen atoms in total. The monoisotopic (exact) mass is 681 g/mol. The molecule has 8 heterocycles. The van der Waals surface area contributed by atoms with Crippen LogP contribution in [0, 0.1) is 5.41 Å². The number of nitrogens with zero attached hydrogens (tertiary/aromatic N) is 11. The number of piperazine rings is 1. The van der Waals surface area contributed by atoms with Gasteiger partial charge in [0.05, 0.1) is 47.1 Å². The molecule has 0 aromatic carbocycles. The van der Waals surface area contributed by atoms with Crippen molar-refractivity contribution in [2.24, 2.45) is 17.5 Å². The number of amides is 2. The van der Waals surface area contributed by atoms with Crippen LogP contribution < -0.4 is 14.5 Å². The average Bonchev–Trinajstić information content (AvgIpc) is 3.94. The molecule has 0 bridgehead atoms. The van der Waals surface area contributed by atoms with Crippen molar-refractivity contribution in [3.05, 3.63) is 59.8 Å². The van der Waals surface area contributed by atoms with E-state index in [-0.39, 0.29) is 17.9 Å². The predicted octanol–water partition coefficient (Wildman–Crippen LogP) is 2.64. The van der Waals surface area contributed by atoms with E-state index in [0.29, 0.717) is 56.8 Å². The summed E-state index contributed by atoms with van der Waals surface area (Å²) in [4.78, 5) is 59.5. The first-order valence-electron chi connectivity index (χ1n) is 16.8. The van der Waals surface area contributed by atoms with Crippen molar-refractivity contribution in [3.63, 3.8) is 0 Å². The van der Waals surface area contributed by atoms with Crippen molar-refractivity contribution in [1.82, 2.24) is 39.5 Å². The molecule has 4 aromatic heterocycles. The van der Waals surface area contributed by atoms with E-state index in [4.69, 9.17) is 14.7 Å². The zero-order chi connectivity index (χ0) is 33.7. The van der Waals surface area contributed by atoms with Gasteiger partial charge in [0, 0.05) is 69.7 Å². The molecule has 1 spiro atoms. The van der Waals surface area contributed by atoms with Crippen molar-refractivity contribution >= 4 is 39.8 Å². The summed E-state index contributed by atoms with van der Waals surface area (Å²) in [6.07, 6.45) is 6.80. The Balaban J connectivity index is 0.866. The van der Waals surface area contributed by atoms with Gasteiger partial charge in [0.1, 0.15) is 12.1 Å². The second-order valence-corrected chi connectivity index (χ2v) is 14.5. The summed E-state index contributed by atoms with van der Waals surface area (Å²) < 4.78 is 7.38. The van der Waals surface area contributed by atoms with E-state index in [1.54, 1.807) is 28.5 Å². The van der Waals surface area contributed by atoms with Crippen molar-refractivity contribution in [2.45, 2.75) is 39.3 Å². The summed E-state index contributed by atoms with van der Waals surface area (Å²) in [6, 6.07) is 7.77. The number of hydrogen-bond acceptors (Lipinski definition) is 12. The number of anilines is 2. The van der Waals surface area contributed by atoms with Gasteiger partial charge in [-0.1, -0.05) is 17.4 Å². The van der Waals surface area contributed by atoms with Crippen LogP contribution in [-0.4, -0.2) is 116 Å². The van der Waals surface area contributed by atoms with Gasteiger partial charge in [-0.3, -0.25) is 29.1 Å². The second kappa shape index (κ2) is 12.6. The van der Waals surface area contributed by atoms with Crippen LogP contribution >= 0.6 is 11.3 Å². The number of aliphatic imine (C=N–C) groups is 1. The lowest BCUT2D eigenvalue weighted by Gasteiger charge is -2.35. The molecule has 0 radical (unpaired) electrons. The predicted molar refractivity (Wildman–Crippen MR) is 185 cm³/mol. The Labute approximate surface area is 288 Å². The number of rotatable bonds is 8. The van der Waals surface area contributed by atoms with Gasteiger partial charge in [-0.2, -0.15) is 5.10 Å². The first-order chi connectivity index (χ1) is 23.7. The maximum absolute atomic E-state index is 14.0. The molecular weight excluding hydrogens is 643 g/mol. The van der Waals surface area contributed by atoms with Gasteiger partial charge in [0.15, 0.2) is 11.0 Å². The maximum atomic E-state index is 14.0. The van der Waals surface area contributed by atoms with E-state index in [9.17, 15) is 9.59 Å². The number of likely N-dealkylation sites (tertiary alicyclic amines) is 1. The van der Waals surface area contributed by atoms with E-state index in [0.717, 1.165) is 65.0 Å². The fourth-order valence-corrected chi connectivity index (χ4v) is 8.08. The van der Waals surface area contributed by atoms with Gasteiger partial charge < -0.3 is 14.5 Å². The summed E-state index contributed by atoms with van der Waals surface area (Å²) >= 11 is 1.57. The summed E-state index contributed by atoms with van der Waals surface area (Å²) in [7, 11) is 1.85. The Morgan fingerprint density at radius 1 is 1.00 bits per heavy atom. The lowest BCUT2D eigenvalue weighted by molar-refractivity contribution is -0.133. The highest BCUT2D eigenvalue weighted by molar-refractivity contribution is 7.18. The van der Waals surface area contributed by atoms with Crippen LogP contribution in [-0.2, 0) is 23.2 Å². The fraction of sp³-hybridized carbons (Fsp3) is 0.471. The largest absolute Gasteiger partial charge is 0.475 e. The number of pyridine rings is 2. The maximum Gasteiger partial charge on any atom is 0.236 e. The molecule has 4 aromatic rings. The van der Waals surface area contributed by atoms with E-state index in [2.05, 4.69) is 29.9 Å². The molecule has 1 atom stereocenters. The summed E-state index contributed by atoms with van der Waals surface area (Å²) in [5.41, 5.74) is 3.00. The van der Waals surface area contributed by atoms with Crippen molar-refractivity contribution < 1.29 is 14.3 Å². The summed E-state index contributed by atoms with van der Waals surface area (Å²) in [6.45, 7) is 9.47. The van der Waals surface area contributed by atoms with Crippen molar-refractivity contribution in [3.8, 4) is 16.6 Å². The Bertz CT molecular complexity index is 1910. The zero-order valence-electron chi connectivity index (χ0n) is 27.9. The molecule has 0 unspecified atom stereocenters. The van der Waals surface area contributed by atoms with Crippen LogP contribution in [0.4, 0.5) is 10.9 Å². The normalized spacial score (nSPS) is 20.9. The Hall–Kier alpha value is -4.76. The third-order valence-corrected chi connectivity index (χ3v) is 10.8. The van der Waals surface area contributed by atoms with Crippen LogP contribution in [0.15, 0.2) is 48.0 Å². The lowest BCUT2D eigenvalue weighted by Crippen LogP contribution is -2.51. The second-order valence-electron chi connectivity index (χ2n) is 13.5. The molecule has 0 aliphatic carbocycles. The number of carbonyl (C=O) groups is 2. The highest BCUT2D eigenvalue weighted by Gasteiger charge is 2.51. The Kier molecular flexibility index (Phi) is 8.10. The van der Waals surface area contributed by atoms with Gasteiger partial charge in [-0.15, -0.1) is 0 Å². The molecule has 4 aliphatic rings. The van der Waals surface area contributed by atoms with E-state index < -0.39 is 5.41 Å². The molecular formula is C34H39N11O3S. The first kappa shape index (κ1) is 31.5. The first-order valence-corrected chi connectivity index (χ1v) is 17.6. The number of carbonyl (C=O) groups excluding carboxylic acids is 2. The zero-order valence-corrected chi connectivity index (χ0v) is 28.8. The molecule has 8 rings (SSSR count). The number of aromatic nitrogens is 6. The van der Waals surface area contributed by atoms with Crippen LogP contribution in [0.3, 0.4) is 0 Å². The topological polar surface area (TPSA) is 138 Å². The van der Waals surface area contributed by atoms with Gasteiger partial charge >= 0.3 is 0 Å². The van der Waals surface area contributed by atoms with Gasteiger partial charge in [0.2, 0.25) is 17.7 Å². The molecule has 3 fully saturated rings. The minimum absolute atomic E-state index is 0.0449. The highest BCUT2D eigenvalue weighted by Crippen LogP contribution is 2.42. The van der Waals surface area contributed by atoms with Crippen molar-refractivity contribution in [2.75, 3.05) is 62.2 Å². The molecule has 254 valence electrons. The number of ether oxygens (including phenoxy) is 1. The molecule has 0 saturated carbocycles. The van der Waals surface area contributed by atoms with Gasteiger partial charge in [0.25, 0.3) is 0 Å². The van der Waals surface area contributed by atoms with Gasteiger partial charge in [-0.05, 0) is 45.4 Å². The molecule has 15 heteroatoms. The van der Waals surface area contributed by atoms with Crippen LogP contribution in [0.25, 0.3) is 10.7 Å². The number of hydrogen-bond donors (Lipinski definition) is 0. The fourth-order valence-electron chi connectivity index (χ4n) is 7.18. The summed E-state index contributed by atoms with van der Waals surface area (Å²) in [5, 5.41) is 5.29. The van der Waals surface area contributed by atoms with E-state index in [1.807, 2.05) is 61.2 Å². The average molecular weight is 682 g/mol. The van der Waals surface area contributed by atoms with Crippen LogP contribution in [0.2, 0.25) is 0 Å². The number of fused-ring (bicyclic) bond motifs is 1. The smallest absolute Gasteiger partial charge is 0.236 e. The minimum Gasteiger partial charge on any atom is -0.475 e. The molecule has 3 saturated heterocycles. The van der Waals surface area contributed by atoms with Crippen molar-refractivity contribution in [1.29, 1.82) is 0 Å².